The fraction of sp³-hybridized carbons (Fsp3) is 0.0833. The van der Waals surface area contributed by atoms with Gasteiger partial charge in [0.05, 0.1) is 12.2 Å². The Morgan fingerprint density at radius 3 is 2.67 bits per heavy atom. The van der Waals surface area contributed by atoms with Crippen LogP contribution in [-0.2, 0) is 6.54 Å². The summed E-state index contributed by atoms with van der Waals surface area (Å²) in [6.45, 7) is 0.669. The van der Waals surface area contributed by atoms with E-state index < -0.39 is 0 Å². The van der Waals surface area contributed by atoms with Crippen molar-refractivity contribution in [2.24, 2.45) is 0 Å². The lowest BCUT2D eigenvalue weighted by Crippen LogP contribution is -2.13. The van der Waals surface area contributed by atoms with E-state index >= 15 is 0 Å². The molecule has 0 unspecified atom stereocenters. The van der Waals surface area contributed by atoms with E-state index in [1.54, 1.807) is 28.0 Å². The molecule has 3 rings (SSSR count). The van der Waals surface area contributed by atoms with E-state index in [-0.39, 0.29) is 5.69 Å². The number of aromatic nitrogens is 5. The van der Waals surface area contributed by atoms with Crippen molar-refractivity contribution in [3.05, 3.63) is 65.4 Å². The summed E-state index contributed by atoms with van der Waals surface area (Å²) in [6, 6.07) is 7.75. The maximum absolute atomic E-state index is 11.4. The predicted octanol–water partition coefficient (Wildman–Crippen LogP) is 0.805. The summed E-state index contributed by atoms with van der Waals surface area (Å²) >= 11 is 0. The molecule has 0 amide bonds. The molecule has 0 atom stereocenters. The summed E-state index contributed by atoms with van der Waals surface area (Å²) in [5, 5.41) is 4.04. The van der Waals surface area contributed by atoms with E-state index in [9.17, 15) is 4.79 Å². The number of hydrogen-bond donors (Lipinski definition) is 1. The highest BCUT2D eigenvalue weighted by Crippen LogP contribution is 2.08. The molecule has 1 aromatic carbocycles. The molecule has 0 bridgehead atoms. The van der Waals surface area contributed by atoms with Gasteiger partial charge >= 0.3 is 5.69 Å². The van der Waals surface area contributed by atoms with Gasteiger partial charge in [-0.05, 0) is 17.7 Å². The van der Waals surface area contributed by atoms with Gasteiger partial charge in [0.15, 0.2) is 0 Å². The maximum atomic E-state index is 11.4. The van der Waals surface area contributed by atoms with E-state index in [4.69, 9.17) is 0 Å². The zero-order valence-electron chi connectivity index (χ0n) is 9.52. The number of nitrogens with one attached hydrogen (secondary N) is 1. The van der Waals surface area contributed by atoms with Crippen LogP contribution in [0.3, 0.4) is 0 Å². The third kappa shape index (κ3) is 1.95. The molecule has 90 valence electrons. The van der Waals surface area contributed by atoms with Crippen molar-refractivity contribution in [3.63, 3.8) is 0 Å². The number of nitrogens with zero attached hydrogens (tertiary/aromatic N) is 4. The Morgan fingerprint density at radius 1 is 1.22 bits per heavy atom. The SMILES string of the molecule is O=c1[nH]ccn1-c1ccc(Cn2cncn2)cc1. The summed E-state index contributed by atoms with van der Waals surface area (Å²) in [5.41, 5.74) is 1.80. The molecule has 0 aliphatic carbocycles. The number of benzene rings is 1. The van der Waals surface area contributed by atoms with Crippen LogP contribution < -0.4 is 5.69 Å². The van der Waals surface area contributed by atoms with E-state index in [0.717, 1.165) is 11.3 Å². The summed E-state index contributed by atoms with van der Waals surface area (Å²) in [4.78, 5) is 17.9. The predicted molar refractivity (Wildman–Crippen MR) is 65.5 cm³/mol. The van der Waals surface area contributed by atoms with Crippen molar-refractivity contribution in [1.82, 2.24) is 24.3 Å². The van der Waals surface area contributed by atoms with E-state index in [1.807, 2.05) is 24.3 Å². The van der Waals surface area contributed by atoms with Gasteiger partial charge in [-0.3, -0.25) is 4.57 Å². The lowest BCUT2D eigenvalue weighted by molar-refractivity contribution is 0.684. The van der Waals surface area contributed by atoms with Crippen LogP contribution in [0, 0.1) is 0 Å². The average molecular weight is 241 g/mol. The van der Waals surface area contributed by atoms with Gasteiger partial charge in [-0.25, -0.2) is 14.5 Å². The lowest BCUT2D eigenvalue weighted by atomic mass is 10.2. The number of rotatable bonds is 3. The molecule has 0 fully saturated rings. The minimum Gasteiger partial charge on any atom is -0.312 e. The molecular weight excluding hydrogens is 230 g/mol. The van der Waals surface area contributed by atoms with Crippen LogP contribution in [0.2, 0.25) is 0 Å². The van der Waals surface area contributed by atoms with Crippen LogP contribution in [0.4, 0.5) is 0 Å². The topological polar surface area (TPSA) is 68.5 Å². The van der Waals surface area contributed by atoms with Crippen LogP contribution in [0.15, 0.2) is 54.1 Å². The molecule has 0 saturated heterocycles. The largest absolute Gasteiger partial charge is 0.330 e. The molecule has 6 nitrogen and oxygen atoms in total. The number of H-pyrrole nitrogens is 1. The van der Waals surface area contributed by atoms with Crippen LogP contribution in [0.25, 0.3) is 5.69 Å². The number of imidazole rings is 1. The number of aromatic amines is 1. The molecule has 6 heteroatoms. The Kier molecular flexibility index (Phi) is 2.53. The van der Waals surface area contributed by atoms with Gasteiger partial charge in [-0.1, -0.05) is 12.1 Å². The van der Waals surface area contributed by atoms with Crippen LogP contribution >= 0.6 is 0 Å². The first kappa shape index (κ1) is 10.5. The molecule has 0 saturated carbocycles. The molecule has 3 aromatic rings. The fourth-order valence-electron chi connectivity index (χ4n) is 1.79. The fourth-order valence-corrected chi connectivity index (χ4v) is 1.79. The van der Waals surface area contributed by atoms with Gasteiger partial charge in [-0.15, -0.1) is 0 Å². The highest BCUT2D eigenvalue weighted by Gasteiger charge is 2.00. The van der Waals surface area contributed by atoms with Crippen molar-refractivity contribution in [1.29, 1.82) is 0 Å². The van der Waals surface area contributed by atoms with Crippen molar-refractivity contribution < 1.29 is 0 Å². The summed E-state index contributed by atoms with van der Waals surface area (Å²) in [7, 11) is 0. The van der Waals surface area contributed by atoms with Gasteiger partial charge in [0.25, 0.3) is 0 Å². The quantitative estimate of drug-likeness (QED) is 0.737. The van der Waals surface area contributed by atoms with Gasteiger partial charge in [0, 0.05) is 12.4 Å². The van der Waals surface area contributed by atoms with Crippen LogP contribution in [-0.4, -0.2) is 24.3 Å². The molecule has 18 heavy (non-hydrogen) atoms. The monoisotopic (exact) mass is 241 g/mol. The maximum Gasteiger partial charge on any atom is 0.330 e. The van der Waals surface area contributed by atoms with Gasteiger partial charge in [0.2, 0.25) is 0 Å². The van der Waals surface area contributed by atoms with Gasteiger partial charge < -0.3 is 4.98 Å². The highest BCUT2D eigenvalue weighted by molar-refractivity contribution is 5.34. The van der Waals surface area contributed by atoms with Crippen molar-refractivity contribution in [3.8, 4) is 5.69 Å². The molecule has 1 N–H and O–H groups in total. The number of hydrogen-bond acceptors (Lipinski definition) is 3. The van der Waals surface area contributed by atoms with Crippen molar-refractivity contribution in [2.45, 2.75) is 6.54 Å². The summed E-state index contributed by atoms with van der Waals surface area (Å²) < 4.78 is 3.30. The molecule has 0 spiro atoms. The Labute approximate surface area is 103 Å². The second kappa shape index (κ2) is 4.33. The molecular formula is C12H11N5O. The molecule has 0 radical (unpaired) electrons. The third-order valence-electron chi connectivity index (χ3n) is 2.67. The molecule has 2 aromatic heterocycles. The normalized spacial score (nSPS) is 10.7. The second-order valence-electron chi connectivity index (χ2n) is 3.89. The minimum absolute atomic E-state index is 0.140. The first-order valence-electron chi connectivity index (χ1n) is 5.51. The Morgan fingerprint density at radius 2 is 2.06 bits per heavy atom. The average Bonchev–Trinajstić information content (AvgIpc) is 3.02. The Hall–Kier alpha value is -2.63. The van der Waals surface area contributed by atoms with Crippen molar-refractivity contribution in [2.75, 3.05) is 0 Å². The first-order valence-corrected chi connectivity index (χ1v) is 5.51. The van der Waals surface area contributed by atoms with E-state index in [0.29, 0.717) is 6.54 Å². The van der Waals surface area contributed by atoms with Crippen LogP contribution in [0.1, 0.15) is 5.56 Å². The van der Waals surface area contributed by atoms with Crippen molar-refractivity contribution >= 4 is 0 Å². The highest BCUT2D eigenvalue weighted by atomic mass is 16.1. The summed E-state index contributed by atoms with van der Waals surface area (Å²) in [5.74, 6) is 0. The Bertz CT molecular complexity index is 678. The second-order valence-corrected chi connectivity index (χ2v) is 3.89. The zero-order chi connectivity index (χ0) is 12.4. The van der Waals surface area contributed by atoms with E-state index in [2.05, 4.69) is 15.1 Å². The van der Waals surface area contributed by atoms with E-state index in [1.165, 1.54) is 6.33 Å². The molecule has 0 aliphatic rings. The summed E-state index contributed by atoms with van der Waals surface area (Å²) in [6.07, 6.45) is 6.50. The van der Waals surface area contributed by atoms with Crippen LogP contribution in [0.5, 0.6) is 0 Å². The minimum atomic E-state index is -0.140. The smallest absolute Gasteiger partial charge is 0.312 e. The molecule has 2 heterocycles. The standard InChI is InChI=1S/C12H11N5O/c18-12-14-5-6-17(12)11-3-1-10(2-4-11)7-16-9-13-8-15-16/h1-6,8-9H,7H2,(H,14,18). The first-order chi connectivity index (χ1) is 8.83. The van der Waals surface area contributed by atoms with Gasteiger partial charge in [0.1, 0.15) is 12.7 Å². The molecule has 0 aliphatic heterocycles. The van der Waals surface area contributed by atoms with Gasteiger partial charge in [-0.2, -0.15) is 5.10 Å². The lowest BCUT2D eigenvalue weighted by Gasteiger charge is -2.04. The third-order valence-corrected chi connectivity index (χ3v) is 2.67. The Balaban J connectivity index is 1.85. The zero-order valence-corrected chi connectivity index (χ0v) is 9.52.